The van der Waals surface area contributed by atoms with E-state index < -0.39 is 0 Å². The minimum atomic E-state index is 0.208. The van der Waals surface area contributed by atoms with Gasteiger partial charge in [0.05, 0.1) is 10.7 Å². The van der Waals surface area contributed by atoms with Gasteiger partial charge >= 0.3 is 0 Å². The van der Waals surface area contributed by atoms with Crippen molar-refractivity contribution in [2.75, 3.05) is 6.54 Å². The van der Waals surface area contributed by atoms with Gasteiger partial charge in [-0.1, -0.05) is 20.8 Å². The first kappa shape index (κ1) is 14.1. The summed E-state index contributed by atoms with van der Waals surface area (Å²) >= 11 is 1.54. The first-order valence-corrected chi connectivity index (χ1v) is 8.26. The number of carbonyl (C=O) groups excluding carboxylic acids is 1. The quantitative estimate of drug-likeness (QED) is 0.789. The molecule has 1 amide bonds. The Morgan fingerprint density at radius 2 is 2.00 bits per heavy atom. The topological polar surface area (TPSA) is 33.2 Å². The first-order valence-electron chi connectivity index (χ1n) is 7.44. The van der Waals surface area contributed by atoms with E-state index in [0.29, 0.717) is 16.9 Å². The third kappa shape index (κ3) is 2.28. The lowest BCUT2D eigenvalue weighted by atomic mass is 9.65. The summed E-state index contributed by atoms with van der Waals surface area (Å²) in [6.07, 6.45) is 3.52. The number of hydrogen-bond donors (Lipinski definition) is 0. The molecule has 2 unspecified atom stereocenters. The van der Waals surface area contributed by atoms with Crippen LogP contribution >= 0.6 is 11.3 Å². The fraction of sp³-hybridized carbons (Fsp3) is 0.750. The number of amides is 1. The summed E-state index contributed by atoms with van der Waals surface area (Å²) < 4.78 is 0. The Morgan fingerprint density at radius 1 is 1.30 bits per heavy atom. The lowest BCUT2D eigenvalue weighted by molar-refractivity contribution is 0.0712. The third-order valence-electron chi connectivity index (χ3n) is 4.77. The van der Waals surface area contributed by atoms with Gasteiger partial charge in [-0.25, -0.2) is 4.98 Å². The van der Waals surface area contributed by atoms with Crippen molar-refractivity contribution in [3.8, 4) is 0 Å². The standard InChI is InChI=1S/C16H24N2OS/c1-10-13(20-11(2)17-10)14(19)18-9-16(5)7-12(18)6-15(3,4)8-16/h12H,6-9H2,1-5H3. The van der Waals surface area contributed by atoms with E-state index in [9.17, 15) is 4.79 Å². The molecule has 1 aromatic heterocycles. The van der Waals surface area contributed by atoms with Crippen molar-refractivity contribution in [1.29, 1.82) is 0 Å². The number of fused-ring (bicyclic) bond motifs is 2. The largest absolute Gasteiger partial charge is 0.334 e. The summed E-state index contributed by atoms with van der Waals surface area (Å²) in [5, 5.41) is 0.986. The van der Waals surface area contributed by atoms with Crippen LogP contribution in [0.1, 0.15) is 60.4 Å². The molecule has 2 heterocycles. The second-order valence-corrected chi connectivity index (χ2v) is 9.00. The Hall–Kier alpha value is -0.900. The van der Waals surface area contributed by atoms with E-state index in [0.717, 1.165) is 28.5 Å². The number of rotatable bonds is 1. The molecule has 2 atom stereocenters. The van der Waals surface area contributed by atoms with Gasteiger partial charge in [0.15, 0.2) is 0 Å². The van der Waals surface area contributed by atoms with E-state index >= 15 is 0 Å². The highest BCUT2D eigenvalue weighted by molar-refractivity contribution is 7.13. The van der Waals surface area contributed by atoms with Crippen molar-refractivity contribution in [1.82, 2.24) is 9.88 Å². The lowest BCUT2D eigenvalue weighted by Gasteiger charge is -2.39. The molecule has 1 saturated carbocycles. The van der Waals surface area contributed by atoms with E-state index in [1.54, 1.807) is 0 Å². The highest BCUT2D eigenvalue weighted by Crippen LogP contribution is 2.52. The minimum absolute atomic E-state index is 0.208. The molecule has 0 spiro atoms. The zero-order valence-electron chi connectivity index (χ0n) is 13.1. The normalized spacial score (nSPS) is 31.6. The molecule has 2 fully saturated rings. The van der Waals surface area contributed by atoms with Gasteiger partial charge < -0.3 is 4.90 Å². The second-order valence-electron chi connectivity index (χ2n) is 7.79. The van der Waals surface area contributed by atoms with E-state index in [2.05, 4.69) is 30.7 Å². The monoisotopic (exact) mass is 292 g/mol. The summed E-state index contributed by atoms with van der Waals surface area (Å²) in [6.45, 7) is 11.9. The molecule has 3 nitrogen and oxygen atoms in total. The third-order valence-corrected chi connectivity index (χ3v) is 5.83. The number of likely N-dealkylation sites (tertiary alicyclic amines) is 1. The van der Waals surface area contributed by atoms with Crippen LogP contribution in [0.5, 0.6) is 0 Å². The molecule has 1 aromatic rings. The van der Waals surface area contributed by atoms with Gasteiger partial charge in [0.2, 0.25) is 0 Å². The Balaban J connectivity index is 1.89. The van der Waals surface area contributed by atoms with E-state index in [-0.39, 0.29) is 5.91 Å². The number of aryl methyl sites for hydroxylation is 2. The van der Waals surface area contributed by atoms with E-state index in [1.807, 2.05) is 13.8 Å². The molecule has 0 N–H and O–H groups in total. The van der Waals surface area contributed by atoms with Crippen LogP contribution in [0.4, 0.5) is 0 Å². The van der Waals surface area contributed by atoms with Gasteiger partial charge in [0.25, 0.3) is 5.91 Å². The molecule has 2 bridgehead atoms. The SMILES string of the molecule is Cc1nc(C)c(C(=O)N2CC3(C)CC2CC(C)(C)C3)s1. The molecule has 1 aliphatic heterocycles. The molecule has 4 heteroatoms. The average Bonchev–Trinajstić information content (AvgIpc) is 2.73. The van der Waals surface area contributed by atoms with Gasteiger partial charge in [0, 0.05) is 12.6 Å². The van der Waals surface area contributed by atoms with E-state index in [1.165, 1.54) is 24.2 Å². The molecule has 1 saturated heterocycles. The highest BCUT2D eigenvalue weighted by Gasteiger charge is 2.51. The first-order chi connectivity index (χ1) is 9.19. The number of thiazole rings is 1. The van der Waals surface area contributed by atoms with Crippen molar-refractivity contribution >= 4 is 17.2 Å². The zero-order chi connectivity index (χ0) is 14.7. The molecule has 0 radical (unpaired) electrons. The Bertz CT molecular complexity index is 563. The summed E-state index contributed by atoms with van der Waals surface area (Å²) in [4.78, 5) is 20.3. The molecular formula is C16H24N2OS. The molecule has 2 aliphatic rings. The van der Waals surface area contributed by atoms with Crippen LogP contribution in [0.2, 0.25) is 0 Å². The van der Waals surface area contributed by atoms with Crippen LogP contribution in [-0.4, -0.2) is 28.4 Å². The lowest BCUT2D eigenvalue weighted by Crippen LogP contribution is -2.37. The van der Waals surface area contributed by atoms with Crippen LogP contribution in [0.25, 0.3) is 0 Å². The fourth-order valence-corrected chi connectivity index (χ4v) is 5.43. The molecule has 20 heavy (non-hydrogen) atoms. The van der Waals surface area contributed by atoms with Crippen molar-refractivity contribution < 1.29 is 4.79 Å². The number of aromatic nitrogens is 1. The van der Waals surface area contributed by atoms with Gasteiger partial charge in [-0.05, 0) is 43.9 Å². The second kappa shape index (κ2) is 4.30. The highest BCUT2D eigenvalue weighted by atomic mass is 32.1. The Morgan fingerprint density at radius 3 is 2.60 bits per heavy atom. The van der Waals surface area contributed by atoms with Crippen LogP contribution < -0.4 is 0 Å². The maximum absolute atomic E-state index is 12.9. The predicted octanol–water partition coefficient (Wildman–Crippen LogP) is 3.80. The van der Waals surface area contributed by atoms with Gasteiger partial charge in [-0.2, -0.15) is 0 Å². The summed E-state index contributed by atoms with van der Waals surface area (Å²) in [5.41, 5.74) is 1.55. The summed E-state index contributed by atoms with van der Waals surface area (Å²) in [6, 6.07) is 0.415. The summed E-state index contributed by atoms with van der Waals surface area (Å²) in [5.74, 6) is 0.208. The number of hydrogen-bond acceptors (Lipinski definition) is 3. The minimum Gasteiger partial charge on any atom is -0.334 e. The van der Waals surface area contributed by atoms with Crippen LogP contribution in [-0.2, 0) is 0 Å². The Labute approximate surface area is 125 Å². The van der Waals surface area contributed by atoms with Crippen LogP contribution in [0, 0.1) is 24.7 Å². The zero-order valence-corrected chi connectivity index (χ0v) is 13.9. The molecule has 0 aromatic carbocycles. The van der Waals surface area contributed by atoms with Gasteiger partial charge in [0.1, 0.15) is 4.88 Å². The van der Waals surface area contributed by atoms with Crippen LogP contribution in [0.3, 0.4) is 0 Å². The average molecular weight is 292 g/mol. The molecule has 110 valence electrons. The van der Waals surface area contributed by atoms with Crippen LogP contribution in [0.15, 0.2) is 0 Å². The van der Waals surface area contributed by atoms with Crippen molar-refractivity contribution in [3.05, 3.63) is 15.6 Å². The number of carbonyl (C=O) groups is 1. The van der Waals surface area contributed by atoms with Crippen molar-refractivity contribution in [3.63, 3.8) is 0 Å². The predicted molar refractivity (Wildman–Crippen MR) is 82.2 cm³/mol. The fourth-order valence-electron chi connectivity index (χ4n) is 4.56. The van der Waals surface area contributed by atoms with Crippen molar-refractivity contribution in [2.24, 2.45) is 10.8 Å². The van der Waals surface area contributed by atoms with Gasteiger partial charge in [-0.3, -0.25) is 4.79 Å². The smallest absolute Gasteiger partial charge is 0.266 e. The number of nitrogens with zero attached hydrogens (tertiary/aromatic N) is 2. The summed E-state index contributed by atoms with van der Waals surface area (Å²) in [7, 11) is 0. The molecule has 3 rings (SSSR count). The molecular weight excluding hydrogens is 268 g/mol. The van der Waals surface area contributed by atoms with Gasteiger partial charge in [-0.15, -0.1) is 11.3 Å². The van der Waals surface area contributed by atoms with Crippen molar-refractivity contribution in [2.45, 2.75) is 59.9 Å². The maximum Gasteiger partial charge on any atom is 0.266 e. The molecule has 1 aliphatic carbocycles. The Kier molecular flexibility index (Phi) is 3.02. The van der Waals surface area contributed by atoms with E-state index in [4.69, 9.17) is 0 Å². The maximum atomic E-state index is 12.9.